The third-order valence-corrected chi connectivity index (χ3v) is 5.10. The number of halogens is 3. The Balaban J connectivity index is 1.87. The third-order valence-electron chi connectivity index (χ3n) is 4.81. The molecule has 3 aliphatic heterocycles. The summed E-state index contributed by atoms with van der Waals surface area (Å²) in [5.41, 5.74) is 0.585. The van der Waals surface area contributed by atoms with Crippen LogP contribution in [0.4, 0.5) is 8.78 Å². The van der Waals surface area contributed by atoms with Crippen LogP contribution < -0.4 is 10.1 Å². The minimum atomic E-state index is -2.99. The molecule has 0 saturated carbocycles. The zero-order valence-corrected chi connectivity index (χ0v) is 15.8. The van der Waals surface area contributed by atoms with Crippen molar-refractivity contribution in [3.05, 3.63) is 40.9 Å². The first kappa shape index (κ1) is 20.5. The van der Waals surface area contributed by atoms with Crippen molar-refractivity contribution in [1.82, 2.24) is 10.2 Å². The standard InChI is InChI=1S/C19H21ClF2N2O4/c20-13-8-12-4-5-16(13)28-7-3-1-2-6-24-11-19(21,22)10-15(24)17(25)23-14(9-12)18(26)27/h1,3-5,8,14-15H,2,6-7,9-11H2,(H,23,25)(H,26,27)/t14-,15?/m0/s1. The maximum atomic E-state index is 13.9. The highest BCUT2D eigenvalue weighted by Gasteiger charge is 2.48. The van der Waals surface area contributed by atoms with Crippen molar-refractivity contribution in [2.45, 2.75) is 37.3 Å². The summed E-state index contributed by atoms with van der Waals surface area (Å²) in [7, 11) is 0. The number of nitrogens with zero attached hydrogens (tertiary/aromatic N) is 1. The van der Waals surface area contributed by atoms with Gasteiger partial charge >= 0.3 is 5.97 Å². The van der Waals surface area contributed by atoms with Gasteiger partial charge in [0.15, 0.2) is 0 Å². The molecule has 0 aliphatic carbocycles. The Morgan fingerprint density at radius 3 is 2.86 bits per heavy atom. The number of ether oxygens (including phenoxy) is 1. The van der Waals surface area contributed by atoms with Crippen LogP contribution in [0.3, 0.4) is 0 Å². The number of hydrogen-bond acceptors (Lipinski definition) is 4. The first-order chi connectivity index (χ1) is 13.2. The van der Waals surface area contributed by atoms with E-state index in [4.69, 9.17) is 16.3 Å². The molecule has 0 radical (unpaired) electrons. The third kappa shape index (κ3) is 4.99. The van der Waals surface area contributed by atoms with Gasteiger partial charge in [-0.25, -0.2) is 13.6 Å². The summed E-state index contributed by atoms with van der Waals surface area (Å²) in [6, 6.07) is 2.55. The molecule has 2 atom stereocenters. The number of amides is 1. The van der Waals surface area contributed by atoms with Gasteiger partial charge < -0.3 is 15.2 Å². The van der Waals surface area contributed by atoms with Gasteiger partial charge in [-0.3, -0.25) is 9.69 Å². The van der Waals surface area contributed by atoms with Gasteiger partial charge in [0.25, 0.3) is 5.92 Å². The summed E-state index contributed by atoms with van der Waals surface area (Å²) in [5.74, 6) is -4.48. The van der Waals surface area contributed by atoms with E-state index in [-0.39, 0.29) is 19.6 Å². The van der Waals surface area contributed by atoms with Crippen molar-refractivity contribution >= 4 is 23.5 Å². The van der Waals surface area contributed by atoms with Crippen molar-refractivity contribution in [1.29, 1.82) is 0 Å². The van der Waals surface area contributed by atoms with Crippen molar-refractivity contribution in [3.8, 4) is 5.75 Å². The number of carboxylic acids is 1. The van der Waals surface area contributed by atoms with E-state index in [0.29, 0.717) is 22.8 Å². The molecule has 1 unspecified atom stereocenters. The first-order valence-corrected chi connectivity index (χ1v) is 9.34. The minimum absolute atomic E-state index is 0.0237. The van der Waals surface area contributed by atoms with Crippen LogP contribution in [0.1, 0.15) is 18.4 Å². The molecule has 2 N–H and O–H groups in total. The maximum absolute atomic E-state index is 13.9. The fraction of sp³-hybridized carbons (Fsp3) is 0.474. The highest BCUT2D eigenvalue weighted by Crippen LogP contribution is 2.32. The highest BCUT2D eigenvalue weighted by atomic mass is 35.5. The van der Waals surface area contributed by atoms with Crippen LogP contribution in [0.5, 0.6) is 5.75 Å². The van der Waals surface area contributed by atoms with Crippen LogP contribution in [0.15, 0.2) is 30.4 Å². The topological polar surface area (TPSA) is 78.9 Å². The van der Waals surface area contributed by atoms with Gasteiger partial charge in [0, 0.05) is 19.4 Å². The van der Waals surface area contributed by atoms with Crippen LogP contribution in [0.25, 0.3) is 0 Å². The van der Waals surface area contributed by atoms with Crippen molar-refractivity contribution in [2.24, 2.45) is 0 Å². The van der Waals surface area contributed by atoms with E-state index in [2.05, 4.69) is 5.32 Å². The van der Waals surface area contributed by atoms with Crippen LogP contribution in [-0.2, 0) is 16.0 Å². The second-order valence-electron chi connectivity index (χ2n) is 6.99. The van der Waals surface area contributed by atoms with Gasteiger partial charge in [0.1, 0.15) is 18.4 Å². The van der Waals surface area contributed by atoms with E-state index in [1.54, 1.807) is 30.4 Å². The molecule has 3 heterocycles. The molecule has 6 nitrogen and oxygen atoms in total. The zero-order valence-electron chi connectivity index (χ0n) is 15.0. The van der Waals surface area contributed by atoms with E-state index in [0.717, 1.165) is 0 Å². The van der Waals surface area contributed by atoms with Crippen LogP contribution >= 0.6 is 11.6 Å². The normalized spacial score (nSPS) is 25.8. The SMILES string of the molecule is O=C1N[C@H](C(=O)O)Cc2ccc(c(Cl)c2)OCC=CCCN2CC(F)(F)CC12. The van der Waals surface area contributed by atoms with Crippen molar-refractivity contribution < 1.29 is 28.2 Å². The number of carbonyl (C=O) groups is 2. The molecule has 152 valence electrons. The Morgan fingerprint density at radius 1 is 1.36 bits per heavy atom. The molecular weight excluding hydrogens is 394 g/mol. The predicted octanol–water partition coefficient (Wildman–Crippen LogP) is 2.50. The van der Waals surface area contributed by atoms with Gasteiger partial charge in [-0.2, -0.15) is 0 Å². The quantitative estimate of drug-likeness (QED) is 0.690. The van der Waals surface area contributed by atoms with Crippen molar-refractivity contribution in [2.75, 3.05) is 19.7 Å². The molecule has 4 rings (SSSR count). The van der Waals surface area contributed by atoms with Gasteiger partial charge in [0.05, 0.1) is 17.6 Å². The molecule has 1 saturated heterocycles. The Bertz CT molecular complexity index is 787. The molecule has 1 fully saturated rings. The molecule has 1 amide bonds. The van der Waals surface area contributed by atoms with Gasteiger partial charge in [0.2, 0.25) is 5.91 Å². The maximum Gasteiger partial charge on any atom is 0.326 e. The molecule has 3 aliphatic rings. The number of rotatable bonds is 1. The Hall–Kier alpha value is -2.19. The lowest BCUT2D eigenvalue weighted by molar-refractivity contribution is -0.142. The van der Waals surface area contributed by atoms with Crippen LogP contribution in [0.2, 0.25) is 5.02 Å². The highest BCUT2D eigenvalue weighted by molar-refractivity contribution is 6.32. The van der Waals surface area contributed by atoms with E-state index >= 15 is 0 Å². The Kier molecular flexibility index (Phi) is 6.20. The van der Waals surface area contributed by atoms with Crippen LogP contribution in [0, 0.1) is 0 Å². The number of fused-ring (bicyclic) bond motifs is 9. The molecule has 1 aromatic rings. The largest absolute Gasteiger partial charge is 0.488 e. The molecule has 0 spiro atoms. The lowest BCUT2D eigenvalue weighted by Crippen LogP contribution is -2.50. The summed E-state index contributed by atoms with van der Waals surface area (Å²) < 4.78 is 33.3. The lowest BCUT2D eigenvalue weighted by Gasteiger charge is -2.24. The number of nitrogens with one attached hydrogen (secondary N) is 1. The lowest BCUT2D eigenvalue weighted by atomic mass is 10.0. The number of aliphatic carboxylic acids is 1. The number of alkyl halides is 2. The van der Waals surface area contributed by atoms with Gasteiger partial charge in [-0.05, 0) is 24.1 Å². The average molecular weight is 415 g/mol. The summed E-state index contributed by atoms with van der Waals surface area (Å²) in [4.78, 5) is 25.6. The number of hydrogen-bond donors (Lipinski definition) is 2. The number of carboxylic acid groups (broad SMARTS) is 1. The molecule has 28 heavy (non-hydrogen) atoms. The monoisotopic (exact) mass is 414 g/mol. The van der Waals surface area contributed by atoms with E-state index in [9.17, 15) is 23.5 Å². The fourth-order valence-corrected chi connectivity index (χ4v) is 3.69. The van der Waals surface area contributed by atoms with Gasteiger partial charge in [-0.15, -0.1) is 0 Å². The smallest absolute Gasteiger partial charge is 0.326 e. The summed E-state index contributed by atoms with van der Waals surface area (Å²) >= 11 is 6.18. The predicted molar refractivity (Wildman–Crippen MR) is 98.9 cm³/mol. The molecule has 2 bridgehead atoms. The Labute approximate surface area is 166 Å². The van der Waals surface area contributed by atoms with Crippen molar-refractivity contribution in [3.63, 3.8) is 0 Å². The zero-order chi connectivity index (χ0) is 20.3. The first-order valence-electron chi connectivity index (χ1n) is 8.96. The summed E-state index contributed by atoms with van der Waals surface area (Å²) in [5, 5.41) is 12.2. The van der Waals surface area contributed by atoms with Gasteiger partial charge in [-0.1, -0.05) is 29.8 Å². The molecule has 0 aromatic heterocycles. The number of carbonyl (C=O) groups excluding carboxylic acids is 1. The molecular formula is C19H21ClF2N2O4. The van der Waals surface area contributed by atoms with Crippen LogP contribution in [-0.4, -0.2) is 59.6 Å². The average Bonchev–Trinajstić information content (AvgIpc) is 2.92. The van der Waals surface area contributed by atoms with E-state index in [1.165, 1.54) is 4.90 Å². The summed E-state index contributed by atoms with van der Waals surface area (Å²) in [6.45, 7) is -0.00311. The minimum Gasteiger partial charge on any atom is -0.488 e. The summed E-state index contributed by atoms with van der Waals surface area (Å²) in [6.07, 6.45) is 3.36. The second kappa shape index (κ2) is 8.45. The van der Waals surface area contributed by atoms with E-state index in [1.807, 2.05) is 0 Å². The molecule has 9 heteroatoms. The number of benzene rings is 1. The van der Waals surface area contributed by atoms with E-state index < -0.39 is 42.8 Å². The fourth-order valence-electron chi connectivity index (χ4n) is 3.43. The Morgan fingerprint density at radius 2 is 2.14 bits per heavy atom. The second-order valence-corrected chi connectivity index (χ2v) is 7.39. The molecule has 1 aromatic carbocycles.